The normalized spacial score (nSPS) is 12.9. The van der Waals surface area contributed by atoms with Gasteiger partial charge in [-0.05, 0) is 46.5 Å². The van der Waals surface area contributed by atoms with Gasteiger partial charge in [-0.15, -0.1) is 0 Å². The van der Waals surface area contributed by atoms with Crippen LogP contribution in [0.3, 0.4) is 0 Å². The monoisotopic (exact) mass is 767 g/mol. The standard InChI is InChI=1S/C54H33N5O/c1-4-17-34(18-5-1)49-39-23-10-13-28-45(39)55-53(56-49)40-25-16-24-38-41-33-37(52-58-50(35-19-6-2-7-20-35)57-51(59-52)36-21-8-3-9-22-36)31-32-42(41)54(48(38)40)43-26-11-14-29-46(43)60-47-30-15-12-27-44(47)54/h1-33H. The van der Waals surface area contributed by atoms with E-state index in [1.165, 1.54) is 0 Å². The number of para-hydroxylation sites is 3. The summed E-state index contributed by atoms with van der Waals surface area (Å²) >= 11 is 0. The third-order valence-electron chi connectivity index (χ3n) is 11.8. The number of hydrogen-bond donors (Lipinski definition) is 0. The first-order chi connectivity index (χ1) is 29.7. The van der Waals surface area contributed by atoms with Gasteiger partial charge in [0.25, 0.3) is 0 Å². The van der Waals surface area contributed by atoms with Crippen molar-refractivity contribution in [1.82, 2.24) is 24.9 Å². The Balaban J connectivity index is 1.15. The van der Waals surface area contributed by atoms with Gasteiger partial charge in [0.1, 0.15) is 11.5 Å². The number of aromatic nitrogens is 5. The first-order valence-corrected chi connectivity index (χ1v) is 20.1. The molecular weight excluding hydrogens is 735 g/mol. The maximum absolute atomic E-state index is 6.72. The smallest absolute Gasteiger partial charge is 0.164 e. The molecule has 6 heteroatoms. The summed E-state index contributed by atoms with van der Waals surface area (Å²) in [5.41, 5.74) is 12.3. The van der Waals surface area contributed by atoms with Crippen molar-refractivity contribution in [3.8, 4) is 79.4 Å². The van der Waals surface area contributed by atoms with E-state index in [2.05, 4.69) is 115 Å². The molecule has 0 fully saturated rings. The van der Waals surface area contributed by atoms with E-state index in [-0.39, 0.29) is 0 Å². The van der Waals surface area contributed by atoms with Crippen LogP contribution in [0.2, 0.25) is 0 Å². The molecule has 10 aromatic rings. The second-order valence-electron chi connectivity index (χ2n) is 15.2. The summed E-state index contributed by atoms with van der Waals surface area (Å²) < 4.78 is 6.72. The van der Waals surface area contributed by atoms with Crippen molar-refractivity contribution in [2.24, 2.45) is 0 Å². The van der Waals surface area contributed by atoms with Gasteiger partial charge in [-0.2, -0.15) is 0 Å². The van der Waals surface area contributed by atoms with Crippen LogP contribution in [0.25, 0.3) is 78.8 Å². The topological polar surface area (TPSA) is 73.7 Å². The van der Waals surface area contributed by atoms with Gasteiger partial charge in [0.05, 0.1) is 16.6 Å². The number of rotatable bonds is 5. The van der Waals surface area contributed by atoms with Gasteiger partial charge in [-0.25, -0.2) is 24.9 Å². The molecule has 1 aliphatic heterocycles. The first kappa shape index (κ1) is 34.0. The largest absolute Gasteiger partial charge is 0.457 e. The average molecular weight is 768 g/mol. The van der Waals surface area contributed by atoms with E-state index < -0.39 is 5.41 Å². The van der Waals surface area contributed by atoms with E-state index in [0.29, 0.717) is 23.3 Å². The molecule has 3 heterocycles. The van der Waals surface area contributed by atoms with Crippen molar-refractivity contribution in [1.29, 1.82) is 0 Å². The second kappa shape index (κ2) is 13.5. The Morgan fingerprint density at radius 3 is 1.52 bits per heavy atom. The Kier molecular flexibility index (Phi) is 7.65. The van der Waals surface area contributed by atoms with Gasteiger partial charge in [-0.1, -0.05) is 176 Å². The molecule has 0 atom stereocenters. The van der Waals surface area contributed by atoms with Crippen molar-refractivity contribution < 1.29 is 4.74 Å². The first-order valence-electron chi connectivity index (χ1n) is 20.1. The summed E-state index contributed by atoms with van der Waals surface area (Å²) in [7, 11) is 0. The molecule has 8 aromatic carbocycles. The van der Waals surface area contributed by atoms with Crippen LogP contribution in [0.1, 0.15) is 22.3 Å². The van der Waals surface area contributed by atoms with Crippen LogP contribution in [-0.4, -0.2) is 24.9 Å². The molecule has 0 amide bonds. The zero-order chi connectivity index (χ0) is 39.6. The van der Waals surface area contributed by atoms with Gasteiger partial charge >= 0.3 is 0 Å². The van der Waals surface area contributed by atoms with E-state index >= 15 is 0 Å². The van der Waals surface area contributed by atoms with E-state index in [4.69, 9.17) is 29.7 Å². The molecule has 1 aliphatic carbocycles. The number of ether oxygens (including phenoxy) is 1. The van der Waals surface area contributed by atoms with Crippen LogP contribution in [-0.2, 0) is 5.41 Å². The highest BCUT2D eigenvalue weighted by atomic mass is 16.5. The fourth-order valence-corrected chi connectivity index (χ4v) is 9.24. The average Bonchev–Trinajstić information content (AvgIpc) is 3.62. The van der Waals surface area contributed by atoms with E-state index in [0.717, 1.165) is 89.3 Å². The van der Waals surface area contributed by atoms with E-state index in [9.17, 15) is 0 Å². The summed E-state index contributed by atoms with van der Waals surface area (Å²) in [6, 6.07) is 68.9. The molecule has 6 nitrogen and oxygen atoms in total. The molecule has 1 spiro atoms. The van der Waals surface area contributed by atoms with Crippen LogP contribution in [0.4, 0.5) is 0 Å². The second-order valence-corrected chi connectivity index (χ2v) is 15.2. The van der Waals surface area contributed by atoms with Crippen LogP contribution in [0.15, 0.2) is 200 Å². The lowest BCUT2D eigenvalue weighted by Crippen LogP contribution is -2.32. The van der Waals surface area contributed by atoms with Crippen LogP contribution in [0, 0.1) is 0 Å². The fraction of sp³-hybridized carbons (Fsp3) is 0.0185. The van der Waals surface area contributed by atoms with Gasteiger partial charge in [-0.3, -0.25) is 0 Å². The quantitative estimate of drug-likeness (QED) is 0.174. The van der Waals surface area contributed by atoms with Crippen LogP contribution in [0.5, 0.6) is 11.5 Å². The maximum Gasteiger partial charge on any atom is 0.164 e. The molecular formula is C54H33N5O. The molecule has 0 radical (unpaired) electrons. The summed E-state index contributed by atoms with van der Waals surface area (Å²) in [4.78, 5) is 26.0. The van der Waals surface area contributed by atoms with Crippen molar-refractivity contribution in [2.45, 2.75) is 5.41 Å². The highest BCUT2D eigenvalue weighted by molar-refractivity contribution is 5.97. The van der Waals surface area contributed by atoms with Crippen molar-refractivity contribution in [3.63, 3.8) is 0 Å². The minimum Gasteiger partial charge on any atom is -0.457 e. The SMILES string of the molecule is c1ccc(-c2nc(-c3ccccc3)nc(-c3ccc4c(c3)-c3cccc(-c5nc(-c6ccccc6)c6ccccc6n5)c3C43c4ccccc4Oc4ccccc43)n2)cc1. The molecule has 0 saturated heterocycles. The molecule has 0 saturated carbocycles. The lowest BCUT2D eigenvalue weighted by Gasteiger charge is -2.40. The summed E-state index contributed by atoms with van der Waals surface area (Å²) in [6.07, 6.45) is 0. The minimum absolute atomic E-state index is 0.599. The molecule has 60 heavy (non-hydrogen) atoms. The third kappa shape index (κ3) is 5.17. The van der Waals surface area contributed by atoms with Gasteiger partial charge in [0, 0.05) is 44.3 Å². The Bertz CT molecular complexity index is 3190. The maximum atomic E-state index is 6.72. The Labute approximate surface area is 346 Å². The van der Waals surface area contributed by atoms with Crippen molar-refractivity contribution >= 4 is 10.9 Å². The van der Waals surface area contributed by atoms with Crippen molar-refractivity contribution in [2.75, 3.05) is 0 Å². The van der Waals surface area contributed by atoms with Crippen molar-refractivity contribution in [3.05, 3.63) is 222 Å². The highest BCUT2D eigenvalue weighted by Gasteiger charge is 2.52. The zero-order valence-electron chi connectivity index (χ0n) is 32.2. The summed E-state index contributed by atoms with van der Waals surface area (Å²) in [5.74, 6) is 4.13. The van der Waals surface area contributed by atoms with Crippen LogP contribution >= 0.6 is 0 Å². The third-order valence-corrected chi connectivity index (χ3v) is 11.8. The predicted octanol–water partition coefficient (Wildman–Crippen LogP) is 12.6. The van der Waals surface area contributed by atoms with Crippen LogP contribution < -0.4 is 4.74 Å². The number of nitrogens with zero attached hydrogens (tertiary/aromatic N) is 5. The summed E-state index contributed by atoms with van der Waals surface area (Å²) in [5, 5.41) is 1.01. The van der Waals surface area contributed by atoms with Gasteiger partial charge in [0.15, 0.2) is 23.3 Å². The lowest BCUT2D eigenvalue weighted by atomic mass is 9.65. The molecule has 2 aliphatic rings. The molecule has 12 rings (SSSR count). The molecule has 0 unspecified atom stereocenters. The number of benzene rings is 8. The minimum atomic E-state index is -0.767. The van der Waals surface area contributed by atoms with Gasteiger partial charge in [0.2, 0.25) is 0 Å². The van der Waals surface area contributed by atoms with E-state index in [1.54, 1.807) is 0 Å². The Hall–Kier alpha value is -8.09. The number of fused-ring (bicyclic) bond motifs is 10. The van der Waals surface area contributed by atoms with Gasteiger partial charge < -0.3 is 4.74 Å². The van der Waals surface area contributed by atoms with E-state index in [1.807, 2.05) is 84.9 Å². The molecule has 2 aromatic heterocycles. The Morgan fingerprint density at radius 2 is 0.867 bits per heavy atom. The summed E-state index contributed by atoms with van der Waals surface area (Å²) in [6.45, 7) is 0. The number of hydrogen-bond acceptors (Lipinski definition) is 6. The lowest BCUT2D eigenvalue weighted by molar-refractivity contribution is 0.436. The predicted molar refractivity (Wildman–Crippen MR) is 237 cm³/mol. The molecule has 0 bridgehead atoms. The zero-order valence-corrected chi connectivity index (χ0v) is 32.2. The fourth-order valence-electron chi connectivity index (χ4n) is 9.24. The molecule has 0 N–H and O–H groups in total. The Morgan fingerprint density at radius 1 is 0.333 bits per heavy atom. The highest BCUT2D eigenvalue weighted by Crippen LogP contribution is 2.64. The molecule has 280 valence electrons.